The van der Waals surface area contributed by atoms with Crippen molar-refractivity contribution in [1.82, 2.24) is 0 Å². The minimum Gasteiger partial charge on any atom is -0.456 e. The van der Waals surface area contributed by atoms with Crippen LogP contribution in [0.3, 0.4) is 0 Å². The first-order valence-electron chi connectivity index (χ1n) is 25.2. The van der Waals surface area contributed by atoms with Crippen molar-refractivity contribution in [3.63, 3.8) is 0 Å². The van der Waals surface area contributed by atoms with Crippen molar-refractivity contribution >= 4 is 60.5 Å². The summed E-state index contributed by atoms with van der Waals surface area (Å²) in [5.41, 5.74) is 19.3. The molecule has 0 atom stereocenters. The van der Waals surface area contributed by atoms with E-state index in [4.69, 9.17) is 4.42 Å². The summed E-state index contributed by atoms with van der Waals surface area (Å²) in [4.78, 5) is 2.51. The Kier molecular flexibility index (Phi) is 11.0. The van der Waals surface area contributed by atoms with Gasteiger partial charge in [0, 0.05) is 27.6 Å². The number of nitrogens with zero attached hydrogens (tertiary/aromatic N) is 1. The first-order chi connectivity index (χ1) is 35.0. The average Bonchev–Trinajstić information content (AvgIpc) is 3.78. The number of fused-ring (bicyclic) bond motifs is 5. The van der Waals surface area contributed by atoms with Crippen LogP contribution >= 0.6 is 0 Å². The van der Waals surface area contributed by atoms with Gasteiger partial charge >= 0.3 is 0 Å². The van der Waals surface area contributed by atoms with E-state index in [1.807, 2.05) is 12.1 Å². The number of furan rings is 1. The molecule has 0 aliphatic carbocycles. The van der Waals surface area contributed by atoms with Crippen LogP contribution in [0.25, 0.3) is 99.1 Å². The minimum atomic E-state index is -0.0276. The Labute approximate surface area is 423 Å². The molecule has 12 aromatic rings. The quantitative estimate of drug-likeness (QED) is 0.151. The van der Waals surface area contributed by atoms with Crippen molar-refractivity contribution in [2.45, 2.75) is 52.4 Å². The number of benzene rings is 11. The van der Waals surface area contributed by atoms with Crippen molar-refractivity contribution in [2.75, 3.05) is 4.90 Å². The predicted molar refractivity (Wildman–Crippen MR) is 308 cm³/mol. The maximum atomic E-state index is 6.31. The second-order valence-electron chi connectivity index (χ2n) is 21.3. The van der Waals surface area contributed by atoms with Crippen LogP contribution in [0, 0.1) is 0 Å². The molecule has 0 amide bonds. The Morgan fingerprint density at radius 1 is 0.306 bits per heavy atom. The van der Waals surface area contributed by atoms with E-state index < -0.39 is 0 Å². The van der Waals surface area contributed by atoms with E-state index in [0.717, 1.165) is 72.4 Å². The van der Waals surface area contributed by atoms with Gasteiger partial charge in [-0.05, 0) is 130 Å². The standard InChI is InChI=1S/C70H57NO/c1-69(2,3)53-40-52(41-54(45-53)70(4,5)6)59-32-18-24-48-25-19-33-62(68(48)59)60-29-12-14-34-64(60)71(55-27-16-26-49(42-55)50-37-39-67-63(43-50)61-30-13-15-35-66(61)72-67)65-44-51(36-38-58(65)47-20-8-7-9-21-47)57-31-17-23-46-22-10-11-28-56(46)57/h7-45H,1-6H3. The van der Waals surface area contributed by atoms with Gasteiger partial charge in [0.25, 0.3) is 0 Å². The van der Waals surface area contributed by atoms with Crippen LogP contribution in [0.4, 0.5) is 17.1 Å². The van der Waals surface area contributed by atoms with Crippen LogP contribution in [0.5, 0.6) is 0 Å². The first-order valence-corrected chi connectivity index (χ1v) is 25.2. The highest BCUT2D eigenvalue weighted by Crippen LogP contribution is 2.49. The van der Waals surface area contributed by atoms with Crippen molar-refractivity contribution < 1.29 is 4.42 Å². The van der Waals surface area contributed by atoms with E-state index in [2.05, 4.69) is 271 Å². The molecule has 1 aromatic heterocycles. The van der Waals surface area contributed by atoms with Gasteiger partial charge in [0.05, 0.1) is 11.4 Å². The highest BCUT2D eigenvalue weighted by atomic mass is 16.3. The third kappa shape index (κ3) is 8.13. The highest BCUT2D eigenvalue weighted by molar-refractivity contribution is 6.10. The van der Waals surface area contributed by atoms with Gasteiger partial charge in [-0.3, -0.25) is 0 Å². The van der Waals surface area contributed by atoms with Crippen molar-refractivity contribution in [2.24, 2.45) is 0 Å². The Hall–Kier alpha value is -8.46. The fourth-order valence-electron chi connectivity index (χ4n) is 10.7. The van der Waals surface area contributed by atoms with E-state index in [1.165, 1.54) is 54.9 Å². The van der Waals surface area contributed by atoms with Gasteiger partial charge in [-0.25, -0.2) is 0 Å². The minimum absolute atomic E-state index is 0.0276. The number of para-hydroxylation sites is 2. The van der Waals surface area contributed by atoms with Gasteiger partial charge in [0.15, 0.2) is 0 Å². The van der Waals surface area contributed by atoms with E-state index in [9.17, 15) is 0 Å². The Morgan fingerprint density at radius 3 is 1.65 bits per heavy atom. The van der Waals surface area contributed by atoms with E-state index in [1.54, 1.807) is 0 Å². The summed E-state index contributed by atoms with van der Waals surface area (Å²) in [6, 6.07) is 87.2. The monoisotopic (exact) mass is 927 g/mol. The molecule has 0 fully saturated rings. The molecule has 0 aliphatic heterocycles. The summed E-state index contributed by atoms with van der Waals surface area (Å²) in [6.07, 6.45) is 0. The number of rotatable bonds is 8. The first kappa shape index (κ1) is 44.7. The lowest BCUT2D eigenvalue weighted by Crippen LogP contribution is -2.16. The number of anilines is 3. The zero-order chi connectivity index (χ0) is 49.1. The van der Waals surface area contributed by atoms with Gasteiger partial charge in [0.1, 0.15) is 11.2 Å². The number of hydrogen-bond donors (Lipinski definition) is 0. The van der Waals surface area contributed by atoms with Crippen molar-refractivity contribution in [1.29, 1.82) is 0 Å². The molecule has 2 heteroatoms. The summed E-state index contributed by atoms with van der Waals surface area (Å²) in [5, 5.41) is 7.11. The zero-order valence-corrected chi connectivity index (χ0v) is 41.9. The lowest BCUT2D eigenvalue weighted by Gasteiger charge is -2.31. The topological polar surface area (TPSA) is 16.4 Å². The maximum Gasteiger partial charge on any atom is 0.135 e. The van der Waals surface area contributed by atoms with Gasteiger partial charge in [-0.1, -0.05) is 236 Å². The van der Waals surface area contributed by atoms with E-state index in [0.29, 0.717) is 0 Å². The molecule has 0 unspecified atom stereocenters. The van der Waals surface area contributed by atoms with Gasteiger partial charge in [-0.2, -0.15) is 0 Å². The molecular weight excluding hydrogens is 871 g/mol. The summed E-state index contributed by atoms with van der Waals surface area (Å²) >= 11 is 0. The summed E-state index contributed by atoms with van der Waals surface area (Å²) in [7, 11) is 0. The van der Waals surface area contributed by atoms with E-state index >= 15 is 0 Å². The van der Waals surface area contributed by atoms with Crippen LogP contribution in [0.15, 0.2) is 241 Å². The summed E-state index contributed by atoms with van der Waals surface area (Å²) in [5.74, 6) is 0. The van der Waals surface area contributed by atoms with Crippen molar-refractivity contribution in [3.05, 3.63) is 248 Å². The zero-order valence-electron chi connectivity index (χ0n) is 41.9. The molecular formula is C70H57NO. The molecule has 0 saturated carbocycles. The molecule has 0 spiro atoms. The molecule has 348 valence electrons. The van der Waals surface area contributed by atoms with Crippen LogP contribution in [-0.4, -0.2) is 0 Å². The molecule has 11 aromatic carbocycles. The Bertz CT molecular complexity index is 3970. The highest BCUT2D eigenvalue weighted by Gasteiger charge is 2.26. The molecule has 1 heterocycles. The predicted octanol–water partition coefficient (Wildman–Crippen LogP) is 20.3. The molecule has 0 aliphatic rings. The maximum absolute atomic E-state index is 6.31. The number of hydrogen-bond acceptors (Lipinski definition) is 2. The van der Waals surface area contributed by atoms with Gasteiger partial charge in [-0.15, -0.1) is 0 Å². The molecule has 2 nitrogen and oxygen atoms in total. The van der Waals surface area contributed by atoms with Crippen LogP contribution < -0.4 is 4.90 Å². The van der Waals surface area contributed by atoms with E-state index in [-0.39, 0.29) is 10.8 Å². The van der Waals surface area contributed by atoms with Crippen molar-refractivity contribution in [3.8, 4) is 55.6 Å². The SMILES string of the molecule is CC(C)(C)c1cc(-c2cccc3cccc(-c4ccccc4N(c4cccc(-c5ccc6oc7ccccc7c6c5)c4)c4cc(-c5cccc6ccccc56)ccc4-c4ccccc4)c23)cc(C(C)(C)C)c1. The molecule has 12 rings (SSSR count). The molecule has 72 heavy (non-hydrogen) atoms. The summed E-state index contributed by atoms with van der Waals surface area (Å²) < 4.78 is 6.31. The second kappa shape index (κ2) is 17.7. The summed E-state index contributed by atoms with van der Waals surface area (Å²) in [6.45, 7) is 13.9. The third-order valence-corrected chi connectivity index (χ3v) is 14.6. The van der Waals surface area contributed by atoms with Crippen LogP contribution in [0.2, 0.25) is 0 Å². The Morgan fingerprint density at radius 2 is 0.875 bits per heavy atom. The fraction of sp³-hybridized carbons (Fsp3) is 0.114. The van der Waals surface area contributed by atoms with Gasteiger partial charge < -0.3 is 9.32 Å². The largest absolute Gasteiger partial charge is 0.456 e. The normalized spacial score (nSPS) is 12.0. The lowest BCUT2D eigenvalue weighted by molar-refractivity contribution is 0.569. The van der Waals surface area contributed by atoms with Crippen LogP contribution in [0.1, 0.15) is 52.7 Å². The van der Waals surface area contributed by atoms with Crippen LogP contribution in [-0.2, 0) is 10.8 Å². The molecule has 0 N–H and O–H groups in total. The van der Waals surface area contributed by atoms with Gasteiger partial charge in [0.2, 0.25) is 0 Å². The third-order valence-electron chi connectivity index (χ3n) is 14.6. The smallest absolute Gasteiger partial charge is 0.135 e. The molecule has 0 bridgehead atoms. The fourth-order valence-corrected chi connectivity index (χ4v) is 10.7. The molecule has 0 saturated heterocycles. The second-order valence-corrected chi connectivity index (χ2v) is 21.3. The molecule has 0 radical (unpaired) electrons. The average molecular weight is 928 g/mol. The lowest BCUT2D eigenvalue weighted by atomic mass is 9.78. The Balaban J connectivity index is 1.13.